The highest BCUT2D eigenvalue weighted by atomic mass is 35.5. The van der Waals surface area contributed by atoms with Crippen molar-refractivity contribution in [1.82, 2.24) is 0 Å². The molecule has 0 aliphatic rings. The number of ether oxygens (including phenoxy) is 1. The molecule has 0 aromatic heterocycles. The standard InChI is InChI=1S/C9H8ClNO2/c1-2-13-7-3-4-8(10)9(5-7)11-6-12/h3-5H,2H2,1H3. The fourth-order valence-electron chi connectivity index (χ4n) is 0.884. The molecule has 0 spiro atoms. The summed E-state index contributed by atoms with van der Waals surface area (Å²) in [4.78, 5) is 13.4. The Morgan fingerprint density at radius 3 is 3.00 bits per heavy atom. The summed E-state index contributed by atoms with van der Waals surface area (Å²) < 4.78 is 5.20. The predicted octanol–water partition coefficient (Wildman–Crippen LogP) is 2.71. The van der Waals surface area contributed by atoms with Gasteiger partial charge in [-0.05, 0) is 19.1 Å². The summed E-state index contributed by atoms with van der Waals surface area (Å²) in [6.45, 7) is 2.43. The molecule has 1 aromatic rings. The molecule has 0 amide bonds. The van der Waals surface area contributed by atoms with Crippen LogP contribution in [0.2, 0.25) is 5.02 Å². The molecule has 4 heteroatoms. The number of aliphatic imine (C=N–C) groups is 1. The van der Waals surface area contributed by atoms with Crippen molar-refractivity contribution in [3.63, 3.8) is 0 Å². The fourth-order valence-corrected chi connectivity index (χ4v) is 1.04. The molecular formula is C9H8ClNO2. The highest BCUT2D eigenvalue weighted by Gasteiger charge is 2.00. The second-order valence-electron chi connectivity index (χ2n) is 2.25. The van der Waals surface area contributed by atoms with Gasteiger partial charge in [0.2, 0.25) is 6.08 Å². The van der Waals surface area contributed by atoms with E-state index in [2.05, 4.69) is 4.99 Å². The van der Waals surface area contributed by atoms with Crippen molar-refractivity contribution in [2.24, 2.45) is 4.99 Å². The van der Waals surface area contributed by atoms with Crippen molar-refractivity contribution in [2.45, 2.75) is 6.92 Å². The third-order valence-electron chi connectivity index (χ3n) is 1.39. The Labute approximate surface area is 81.0 Å². The van der Waals surface area contributed by atoms with Gasteiger partial charge >= 0.3 is 0 Å². The second-order valence-corrected chi connectivity index (χ2v) is 2.66. The maximum atomic E-state index is 10.0. The van der Waals surface area contributed by atoms with Crippen LogP contribution in [-0.2, 0) is 4.79 Å². The van der Waals surface area contributed by atoms with Crippen LogP contribution in [0.15, 0.2) is 23.2 Å². The third-order valence-corrected chi connectivity index (χ3v) is 1.71. The van der Waals surface area contributed by atoms with Crippen molar-refractivity contribution in [3.05, 3.63) is 23.2 Å². The molecule has 0 saturated carbocycles. The van der Waals surface area contributed by atoms with Crippen LogP contribution in [0.4, 0.5) is 5.69 Å². The first-order chi connectivity index (χ1) is 6.27. The van der Waals surface area contributed by atoms with Gasteiger partial charge in [-0.25, -0.2) is 4.79 Å². The summed E-state index contributed by atoms with van der Waals surface area (Å²) in [5, 5.41) is 0.409. The quantitative estimate of drug-likeness (QED) is 0.552. The van der Waals surface area contributed by atoms with Crippen LogP contribution in [0.3, 0.4) is 0 Å². The highest BCUT2D eigenvalue weighted by Crippen LogP contribution is 2.28. The minimum Gasteiger partial charge on any atom is -0.494 e. The zero-order chi connectivity index (χ0) is 9.68. The lowest BCUT2D eigenvalue weighted by Gasteiger charge is -2.03. The van der Waals surface area contributed by atoms with Gasteiger partial charge in [0.1, 0.15) is 5.75 Å². The van der Waals surface area contributed by atoms with E-state index in [0.717, 1.165) is 0 Å². The molecule has 1 rings (SSSR count). The first kappa shape index (κ1) is 9.78. The topological polar surface area (TPSA) is 38.7 Å². The van der Waals surface area contributed by atoms with Gasteiger partial charge in [0, 0.05) is 6.07 Å². The Kier molecular flexibility index (Phi) is 3.50. The van der Waals surface area contributed by atoms with Crippen molar-refractivity contribution in [1.29, 1.82) is 0 Å². The van der Waals surface area contributed by atoms with Gasteiger partial charge in [0.05, 0.1) is 17.3 Å². The SMILES string of the molecule is CCOc1ccc(Cl)c(N=C=O)c1. The van der Waals surface area contributed by atoms with Gasteiger partial charge in [-0.15, -0.1) is 0 Å². The maximum Gasteiger partial charge on any atom is 0.240 e. The van der Waals surface area contributed by atoms with E-state index in [1.54, 1.807) is 18.2 Å². The van der Waals surface area contributed by atoms with Gasteiger partial charge in [-0.2, -0.15) is 4.99 Å². The number of nitrogens with zero attached hydrogens (tertiary/aromatic N) is 1. The summed E-state index contributed by atoms with van der Waals surface area (Å²) in [7, 11) is 0. The van der Waals surface area contributed by atoms with E-state index in [1.807, 2.05) is 6.92 Å². The summed E-state index contributed by atoms with van der Waals surface area (Å²) in [5.74, 6) is 0.640. The summed E-state index contributed by atoms with van der Waals surface area (Å²) in [6, 6.07) is 4.94. The minimum absolute atomic E-state index is 0.377. The molecule has 13 heavy (non-hydrogen) atoms. The second kappa shape index (κ2) is 4.65. The largest absolute Gasteiger partial charge is 0.494 e. The predicted molar refractivity (Wildman–Crippen MR) is 50.4 cm³/mol. The Bertz CT molecular complexity index is 345. The number of isocyanates is 1. The Hall–Kier alpha value is -1.31. The number of halogens is 1. The molecule has 0 N–H and O–H groups in total. The lowest BCUT2D eigenvalue weighted by atomic mass is 10.3. The van der Waals surface area contributed by atoms with Gasteiger partial charge in [-0.3, -0.25) is 0 Å². The molecule has 0 fully saturated rings. The van der Waals surface area contributed by atoms with Crippen molar-refractivity contribution in [3.8, 4) is 5.75 Å². The molecule has 3 nitrogen and oxygen atoms in total. The smallest absolute Gasteiger partial charge is 0.240 e. The summed E-state index contributed by atoms with van der Waals surface area (Å²) in [5.41, 5.74) is 0.377. The zero-order valence-corrected chi connectivity index (χ0v) is 7.84. The van der Waals surface area contributed by atoms with E-state index in [9.17, 15) is 4.79 Å². The lowest BCUT2D eigenvalue weighted by molar-refractivity contribution is 0.340. The minimum atomic E-state index is 0.377. The molecule has 1 aromatic carbocycles. The van der Waals surface area contributed by atoms with Gasteiger partial charge in [-0.1, -0.05) is 11.6 Å². The lowest BCUT2D eigenvalue weighted by Crippen LogP contribution is -1.90. The molecule has 0 bridgehead atoms. The van der Waals surface area contributed by atoms with Crippen LogP contribution in [0.5, 0.6) is 5.75 Å². The average molecular weight is 198 g/mol. The Balaban J connectivity index is 3.03. The monoisotopic (exact) mass is 197 g/mol. The van der Waals surface area contributed by atoms with Crippen molar-refractivity contribution in [2.75, 3.05) is 6.61 Å². The highest BCUT2D eigenvalue weighted by molar-refractivity contribution is 6.33. The Morgan fingerprint density at radius 1 is 1.62 bits per heavy atom. The van der Waals surface area contributed by atoms with Crippen LogP contribution in [0.1, 0.15) is 6.92 Å². The van der Waals surface area contributed by atoms with Gasteiger partial charge in [0.25, 0.3) is 0 Å². The molecule has 0 saturated heterocycles. The number of hydrogen-bond donors (Lipinski definition) is 0. The Morgan fingerprint density at radius 2 is 2.38 bits per heavy atom. The van der Waals surface area contributed by atoms with Gasteiger partial charge < -0.3 is 4.74 Å². The molecule has 0 aliphatic carbocycles. The summed E-state index contributed by atoms with van der Waals surface area (Å²) in [6.07, 6.45) is 1.43. The first-order valence-electron chi connectivity index (χ1n) is 3.78. The number of carbonyl (C=O) groups excluding carboxylic acids is 1. The number of hydrogen-bond acceptors (Lipinski definition) is 3. The average Bonchev–Trinajstić information content (AvgIpc) is 2.12. The fraction of sp³-hybridized carbons (Fsp3) is 0.222. The number of rotatable bonds is 3. The molecule has 0 aliphatic heterocycles. The normalized spacial score (nSPS) is 9.08. The van der Waals surface area contributed by atoms with E-state index < -0.39 is 0 Å². The van der Waals surface area contributed by atoms with Crippen molar-refractivity contribution >= 4 is 23.4 Å². The molecule has 0 unspecified atom stereocenters. The van der Waals surface area contributed by atoms with Crippen LogP contribution in [-0.4, -0.2) is 12.7 Å². The molecular weight excluding hydrogens is 190 g/mol. The molecule has 0 radical (unpaired) electrons. The summed E-state index contributed by atoms with van der Waals surface area (Å²) >= 11 is 5.75. The van der Waals surface area contributed by atoms with Crippen LogP contribution >= 0.6 is 11.6 Å². The van der Waals surface area contributed by atoms with Gasteiger partial charge in [0.15, 0.2) is 0 Å². The zero-order valence-electron chi connectivity index (χ0n) is 7.08. The van der Waals surface area contributed by atoms with Crippen molar-refractivity contribution < 1.29 is 9.53 Å². The third kappa shape index (κ3) is 2.58. The number of benzene rings is 1. The van der Waals surface area contributed by atoms with E-state index in [1.165, 1.54) is 6.08 Å². The van der Waals surface area contributed by atoms with Crippen LogP contribution in [0.25, 0.3) is 0 Å². The molecule has 0 heterocycles. The molecule has 0 atom stereocenters. The van der Waals surface area contributed by atoms with E-state index >= 15 is 0 Å². The van der Waals surface area contributed by atoms with E-state index in [0.29, 0.717) is 23.1 Å². The van der Waals surface area contributed by atoms with Crippen LogP contribution < -0.4 is 4.74 Å². The van der Waals surface area contributed by atoms with E-state index in [4.69, 9.17) is 16.3 Å². The maximum absolute atomic E-state index is 10.0. The molecule has 68 valence electrons. The first-order valence-corrected chi connectivity index (χ1v) is 4.16. The van der Waals surface area contributed by atoms with Crippen LogP contribution in [0, 0.1) is 0 Å². The van der Waals surface area contributed by atoms with E-state index in [-0.39, 0.29) is 0 Å².